The van der Waals surface area contributed by atoms with E-state index >= 15 is 0 Å². The van der Waals surface area contributed by atoms with Crippen molar-refractivity contribution < 1.29 is 9.59 Å². The van der Waals surface area contributed by atoms with Crippen molar-refractivity contribution in [2.45, 2.75) is 6.42 Å². The highest BCUT2D eigenvalue weighted by Crippen LogP contribution is 2.24. The second kappa shape index (κ2) is 4.86. The second-order valence-corrected chi connectivity index (χ2v) is 4.79. The fourth-order valence-corrected chi connectivity index (χ4v) is 2.25. The Labute approximate surface area is 110 Å². The summed E-state index contributed by atoms with van der Waals surface area (Å²) >= 11 is 5.97. The quantitative estimate of drug-likeness (QED) is 0.779. The molecule has 6 heteroatoms. The molecule has 1 saturated heterocycles. The highest BCUT2D eigenvalue weighted by atomic mass is 35.5. The third-order valence-corrected chi connectivity index (χ3v) is 3.43. The van der Waals surface area contributed by atoms with Crippen LogP contribution in [0, 0.1) is 5.92 Å². The molecule has 1 atom stereocenters. The molecule has 0 bridgehead atoms. The van der Waals surface area contributed by atoms with Crippen molar-refractivity contribution in [3.8, 4) is 0 Å². The average molecular weight is 268 g/mol. The lowest BCUT2D eigenvalue weighted by Crippen LogP contribution is -2.31. The third kappa shape index (κ3) is 2.41. The zero-order valence-electron chi connectivity index (χ0n) is 9.73. The molecular weight excluding hydrogens is 254 g/mol. The van der Waals surface area contributed by atoms with Crippen LogP contribution in [0.3, 0.4) is 0 Å². The number of likely N-dealkylation sites (tertiary alicyclic amines) is 1. The first kappa shape index (κ1) is 12.7. The molecule has 1 heterocycles. The van der Waals surface area contributed by atoms with Gasteiger partial charge in [0.05, 0.1) is 16.5 Å². The number of carbonyl (C=O) groups excluding carboxylic acids is 2. The van der Waals surface area contributed by atoms with Crippen molar-refractivity contribution in [1.29, 1.82) is 0 Å². The minimum absolute atomic E-state index is 0.212. The Morgan fingerprint density at radius 1 is 1.39 bits per heavy atom. The number of anilines is 1. The topological polar surface area (TPSA) is 89.4 Å². The van der Waals surface area contributed by atoms with Gasteiger partial charge in [-0.3, -0.25) is 9.59 Å². The number of nitrogens with zero attached hydrogens (tertiary/aromatic N) is 1. The highest BCUT2D eigenvalue weighted by molar-refractivity contribution is 6.34. The summed E-state index contributed by atoms with van der Waals surface area (Å²) in [5.41, 5.74) is 11.7. The average Bonchev–Trinajstić information content (AvgIpc) is 2.81. The lowest BCUT2D eigenvalue weighted by Gasteiger charge is -2.17. The summed E-state index contributed by atoms with van der Waals surface area (Å²) in [4.78, 5) is 24.9. The summed E-state index contributed by atoms with van der Waals surface area (Å²) < 4.78 is 0. The van der Waals surface area contributed by atoms with E-state index in [0.717, 1.165) is 0 Å². The summed E-state index contributed by atoms with van der Waals surface area (Å²) in [5.74, 6) is -0.853. The normalized spacial score (nSPS) is 18.9. The van der Waals surface area contributed by atoms with E-state index in [1.54, 1.807) is 23.1 Å². The van der Waals surface area contributed by atoms with Crippen molar-refractivity contribution in [2.75, 3.05) is 18.8 Å². The van der Waals surface area contributed by atoms with Crippen LogP contribution in [0.4, 0.5) is 5.69 Å². The fraction of sp³-hybridized carbons (Fsp3) is 0.333. The number of primary amides is 1. The standard InChI is InChI=1S/C12H14ClN3O2/c13-10-2-1-8(14)5-9(10)12(18)16-4-3-7(6-16)11(15)17/h1-2,5,7H,3-4,6,14H2,(H2,15,17). The van der Waals surface area contributed by atoms with E-state index in [2.05, 4.69) is 0 Å². The van der Waals surface area contributed by atoms with Crippen LogP contribution in [0.1, 0.15) is 16.8 Å². The van der Waals surface area contributed by atoms with E-state index in [4.69, 9.17) is 23.1 Å². The van der Waals surface area contributed by atoms with Gasteiger partial charge < -0.3 is 16.4 Å². The van der Waals surface area contributed by atoms with Crippen molar-refractivity contribution in [2.24, 2.45) is 11.7 Å². The smallest absolute Gasteiger partial charge is 0.255 e. The van der Waals surface area contributed by atoms with E-state index in [1.165, 1.54) is 0 Å². The molecule has 18 heavy (non-hydrogen) atoms. The molecule has 0 radical (unpaired) electrons. The van der Waals surface area contributed by atoms with Gasteiger partial charge in [-0.1, -0.05) is 11.6 Å². The number of benzene rings is 1. The van der Waals surface area contributed by atoms with E-state index < -0.39 is 0 Å². The van der Waals surface area contributed by atoms with Gasteiger partial charge in [0.1, 0.15) is 0 Å². The largest absolute Gasteiger partial charge is 0.399 e. The predicted molar refractivity (Wildman–Crippen MR) is 69.1 cm³/mol. The maximum atomic E-state index is 12.2. The van der Waals surface area contributed by atoms with Crippen LogP contribution in [-0.2, 0) is 4.79 Å². The first-order chi connectivity index (χ1) is 8.49. The van der Waals surface area contributed by atoms with Gasteiger partial charge in [-0.15, -0.1) is 0 Å². The number of nitrogens with two attached hydrogens (primary N) is 2. The van der Waals surface area contributed by atoms with Gasteiger partial charge in [0.25, 0.3) is 5.91 Å². The summed E-state index contributed by atoms with van der Waals surface area (Å²) in [6, 6.07) is 4.77. The van der Waals surface area contributed by atoms with Crippen LogP contribution in [0.15, 0.2) is 18.2 Å². The van der Waals surface area contributed by atoms with Crippen LogP contribution in [0.25, 0.3) is 0 Å². The van der Waals surface area contributed by atoms with Gasteiger partial charge in [-0.25, -0.2) is 0 Å². The SMILES string of the molecule is NC(=O)C1CCN(C(=O)c2cc(N)ccc2Cl)C1. The molecule has 0 spiro atoms. The Hall–Kier alpha value is -1.75. The van der Waals surface area contributed by atoms with Crippen LogP contribution in [0.5, 0.6) is 0 Å². The maximum absolute atomic E-state index is 12.2. The van der Waals surface area contributed by atoms with Crippen LogP contribution in [-0.4, -0.2) is 29.8 Å². The van der Waals surface area contributed by atoms with Gasteiger partial charge in [-0.05, 0) is 24.6 Å². The monoisotopic (exact) mass is 267 g/mol. The van der Waals surface area contributed by atoms with Crippen LogP contribution < -0.4 is 11.5 Å². The highest BCUT2D eigenvalue weighted by Gasteiger charge is 2.30. The zero-order chi connectivity index (χ0) is 13.3. The number of carbonyl (C=O) groups is 2. The number of hydrogen-bond acceptors (Lipinski definition) is 3. The first-order valence-electron chi connectivity index (χ1n) is 5.62. The van der Waals surface area contributed by atoms with Crippen molar-refractivity contribution in [3.05, 3.63) is 28.8 Å². The fourth-order valence-electron chi connectivity index (χ4n) is 2.05. The minimum atomic E-state index is -0.371. The molecule has 4 N–H and O–H groups in total. The zero-order valence-corrected chi connectivity index (χ0v) is 10.5. The molecule has 1 aromatic carbocycles. The molecule has 0 saturated carbocycles. The van der Waals surface area contributed by atoms with E-state index in [9.17, 15) is 9.59 Å². The first-order valence-corrected chi connectivity index (χ1v) is 6.00. The molecule has 0 aromatic heterocycles. The van der Waals surface area contributed by atoms with Gasteiger partial charge in [0.15, 0.2) is 0 Å². The van der Waals surface area contributed by atoms with Crippen molar-refractivity contribution in [1.82, 2.24) is 4.90 Å². The number of halogens is 1. The van der Waals surface area contributed by atoms with Gasteiger partial charge in [0, 0.05) is 18.8 Å². The van der Waals surface area contributed by atoms with Crippen molar-refractivity contribution in [3.63, 3.8) is 0 Å². The molecule has 1 unspecified atom stereocenters. The molecule has 1 aromatic rings. The van der Waals surface area contributed by atoms with Gasteiger partial charge >= 0.3 is 0 Å². The molecule has 2 amide bonds. The minimum Gasteiger partial charge on any atom is -0.399 e. The Kier molecular flexibility index (Phi) is 3.43. The lowest BCUT2D eigenvalue weighted by molar-refractivity contribution is -0.121. The summed E-state index contributed by atoms with van der Waals surface area (Å²) in [7, 11) is 0. The summed E-state index contributed by atoms with van der Waals surface area (Å²) in [5, 5.41) is 0.358. The molecule has 1 aliphatic rings. The molecule has 5 nitrogen and oxygen atoms in total. The third-order valence-electron chi connectivity index (χ3n) is 3.10. The Morgan fingerprint density at radius 2 is 2.11 bits per heavy atom. The van der Waals surface area contributed by atoms with E-state index in [-0.39, 0.29) is 17.7 Å². The molecule has 1 fully saturated rings. The molecule has 1 aliphatic heterocycles. The van der Waals surface area contributed by atoms with E-state index in [0.29, 0.717) is 35.8 Å². The van der Waals surface area contributed by atoms with Gasteiger partial charge in [0.2, 0.25) is 5.91 Å². The number of amides is 2. The Balaban J connectivity index is 2.17. The van der Waals surface area contributed by atoms with Crippen LogP contribution in [0.2, 0.25) is 5.02 Å². The predicted octanol–water partition coefficient (Wildman–Crippen LogP) is 0.870. The number of hydrogen-bond donors (Lipinski definition) is 2. The summed E-state index contributed by atoms with van der Waals surface area (Å²) in [6.45, 7) is 0.858. The van der Waals surface area contributed by atoms with Crippen LogP contribution >= 0.6 is 11.6 Å². The molecule has 2 rings (SSSR count). The number of rotatable bonds is 2. The molecular formula is C12H14ClN3O2. The summed E-state index contributed by atoms with van der Waals surface area (Å²) in [6.07, 6.45) is 0.598. The number of nitrogen functional groups attached to an aromatic ring is 1. The van der Waals surface area contributed by atoms with E-state index in [1.807, 2.05) is 0 Å². The van der Waals surface area contributed by atoms with Crippen molar-refractivity contribution >= 4 is 29.1 Å². The Morgan fingerprint density at radius 3 is 2.72 bits per heavy atom. The molecule has 96 valence electrons. The van der Waals surface area contributed by atoms with Gasteiger partial charge in [-0.2, -0.15) is 0 Å². The molecule has 0 aliphatic carbocycles. The lowest BCUT2D eigenvalue weighted by atomic mass is 10.1. The second-order valence-electron chi connectivity index (χ2n) is 4.38. The maximum Gasteiger partial charge on any atom is 0.255 e. The Bertz CT molecular complexity index is 504.